The largest absolute Gasteiger partial charge is 0.346 e. The van der Waals surface area contributed by atoms with Crippen LogP contribution < -0.4 is 20.7 Å². The molecule has 0 aliphatic carbocycles. The maximum atomic E-state index is 11.5. The molecule has 0 saturated heterocycles. The maximum absolute atomic E-state index is 11.5. The fourth-order valence-electron chi connectivity index (χ4n) is 2.96. The Bertz CT molecular complexity index is 1190. The third-order valence-electron chi connectivity index (χ3n) is 4.63. The topological polar surface area (TPSA) is 112 Å². The number of H-pyrrole nitrogens is 1. The molecule has 0 spiro atoms. The monoisotopic (exact) mass is 419 g/mol. The summed E-state index contributed by atoms with van der Waals surface area (Å²) in [6.45, 7) is 1.53. The Morgan fingerprint density at radius 2 is 1.87 bits per heavy atom. The van der Waals surface area contributed by atoms with Crippen LogP contribution in [0.4, 0.5) is 28.8 Å². The van der Waals surface area contributed by atoms with Crippen molar-refractivity contribution in [2.24, 2.45) is 5.14 Å². The number of nitrogens with two attached hydrogens (primary N) is 1. The van der Waals surface area contributed by atoms with Crippen molar-refractivity contribution in [3.05, 3.63) is 60.8 Å². The van der Waals surface area contributed by atoms with Gasteiger partial charge in [0.05, 0.1) is 5.39 Å². The predicted molar refractivity (Wildman–Crippen MR) is 122 cm³/mol. The minimum absolute atomic E-state index is 0.0240. The number of anilines is 5. The molecule has 0 bridgehead atoms. The van der Waals surface area contributed by atoms with Gasteiger partial charge in [0.25, 0.3) is 0 Å². The van der Waals surface area contributed by atoms with Crippen molar-refractivity contribution in [1.82, 2.24) is 15.0 Å². The summed E-state index contributed by atoms with van der Waals surface area (Å²) in [5.41, 5.74) is 3.23. The van der Waals surface area contributed by atoms with Gasteiger partial charge in [0, 0.05) is 42.1 Å². The average molecular weight is 420 g/mol. The lowest BCUT2D eigenvalue weighted by atomic mass is 10.2. The summed E-state index contributed by atoms with van der Waals surface area (Å²) in [6.07, 6.45) is 1.83. The third kappa shape index (κ3) is 4.22. The molecule has 0 aliphatic rings. The number of aromatic nitrogens is 3. The number of aromatic amines is 1. The molecule has 1 amide bonds. The summed E-state index contributed by atoms with van der Waals surface area (Å²) in [5.74, 6) is 1.10. The van der Waals surface area contributed by atoms with E-state index in [1.165, 1.54) is 18.9 Å². The molecule has 0 atom stereocenters. The molecule has 0 saturated carbocycles. The lowest BCUT2D eigenvalue weighted by Crippen LogP contribution is -2.22. The number of nitrogens with one attached hydrogen (secondary N) is 3. The summed E-state index contributed by atoms with van der Waals surface area (Å²) in [7, 11) is 1.74. The Morgan fingerprint density at radius 1 is 1.07 bits per heavy atom. The van der Waals surface area contributed by atoms with Gasteiger partial charge in [0.2, 0.25) is 11.9 Å². The number of hydrogen-bond acceptors (Lipinski definition) is 7. The Hall–Kier alpha value is -3.56. The first-order valence-corrected chi connectivity index (χ1v) is 10.1. The van der Waals surface area contributed by atoms with Gasteiger partial charge < -0.3 is 20.5 Å². The smallest absolute Gasteiger partial charge is 0.231 e. The molecule has 30 heavy (non-hydrogen) atoms. The molecule has 4 rings (SSSR count). The molecule has 2 aromatic carbocycles. The minimum Gasteiger partial charge on any atom is -0.346 e. The van der Waals surface area contributed by atoms with E-state index in [1.54, 1.807) is 11.9 Å². The van der Waals surface area contributed by atoms with E-state index in [0.717, 1.165) is 27.3 Å². The molecule has 0 fully saturated rings. The molecular weight excluding hydrogens is 398 g/mol. The zero-order valence-electron chi connectivity index (χ0n) is 16.5. The first-order valence-electron chi connectivity index (χ1n) is 9.24. The van der Waals surface area contributed by atoms with Crippen LogP contribution in [-0.4, -0.2) is 27.9 Å². The van der Waals surface area contributed by atoms with Crippen LogP contribution in [0.1, 0.15) is 6.92 Å². The van der Waals surface area contributed by atoms with E-state index in [2.05, 4.69) is 25.6 Å². The van der Waals surface area contributed by atoms with E-state index >= 15 is 0 Å². The Balaban J connectivity index is 1.61. The van der Waals surface area contributed by atoms with Gasteiger partial charge in [-0.2, -0.15) is 9.97 Å². The van der Waals surface area contributed by atoms with E-state index in [-0.39, 0.29) is 5.91 Å². The Kier molecular flexibility index (Phi) is 5.55. The second-order valence-electron chi connectivity index (χ2n) is 6.66. The van der Waals surface area contributed by atoms with Gasteiger partial charge in [-0.05, 0) is 60.5 Å². The van der Waals surface area contributed by atoms with E-state index in [9.17, 15) is 4.79 Å². The molecule has 2 heterocycles. The molecule has 0 radical (unpaired) electrons. The minimum atomic E-state index is -0.0240. The number of amides is 1. The number of benzene rings is 2. The van der Waals surface area contributed by atoms with Gasteiger partial charge in [0.15, 0.2) is 0 Å². The highest BCUT2D eigenvalue weighted by Crippen LogP contribution is 2.27. The van der Waals surface area contributed by atoms with Crippen molar-refractivity contribution in [3.63, 3.8) is 0 Å². The lowest BCUT2D eigenvalue weighted by Gasteiger charge is -2.15. The Morgan fingerprint density at radius 3 is 2.60 bits per heavy atom. The predicted octanol–water partition coefficient (Wildman–Crippen LogP) is 4.39. The first kappa shape index (κ1) is 19.7. The van der Waals surface area contributed by atoms with Gasteiger partial charge in [-0.1, -0.05) is 6.07 Å². The molecule has 2 aromatic heterocycles. The van der Waals surface area contributed by atoms with E-state index in [0.29, 0.717) is 17.4 Å². The van der Waals surface area contributed by atoms with Crippen LogP contribution >= 0.6 is 11.9 Å². The van der Waals surface area contributed by atoms with Crippen molar-refractivity contribution in [1.29, 1.82) is 0 Å². The van der Waals surface area contributed by atoms with Crippen molar-refractivity contribution >= 4 is 57.7 Å². The van der Waals surface area contributed by atoms with Crippen LogP contribution in [0.25, 0.3) is 11.0 Å². The molecule has 8 nitrogen and oxygen atoms in total. The van der Waals surface area contributed by atoms with Crippen LogP contribution in [0.15, 0.2) is 65.7 Å². The first-order chi connectivity index (χ1) is 14.5. The van der Waals surface area contributed by atoms with Gasteiger partial charge in [-0.15, -0.1) is 0 Å². The number of hydrogen-bond donors (Lipinski definition) is 4. The normalized spacial score (nSPS) is 10.8. The van der Waals surface area contributed by atoms with Crippen molar-refractivity contribution < 1.29 is 4.79 Å². The van der Waals surface area contributed by atoms with E-state index < -0.39 is 0 Å². The van der Waals surface area contributed by atoms with Crippen molar-refractivity contribution in [2.75, 3.05) is 22.6 Å². The van der Waals surface area contributed by atoms with Crippen LogP contribution in [0.3, 0.4) is 0 Å². The lowest BCUT2D eigenvalue weighted by molar-refractivity contribution is -0.116. The SMILES string of the molecule is CC(=O)N(C)c1ccc(Nc2nc(Nc3cccc(SN)c3)c3cc[nH]c3n2)cc1. The van der Waals surface area contributed by atoms with Crippen LogP contribution in [0, 0.1) is 0 Å². The quantitative estimate of drug-likeness (QED) is 0.343. The molecule has 0 aliphatic heterocycles. The molecule has 0 unspecified atom stereocenters. The van der Waals surface area contributed by atoms with Gasteiger partial charge in [-0.3, -0.25) is 9.93 Å². The summed E-state index contributed by atoms with van der Waals surface area (Å²) in [4.78, 5) is 26.4. The summed E-state index contributed by atoms with van der Waals surface area (Å²) in [6, 6.07) is 17.2. The van der Waals surface area contributed by atoms with Gasteiger partial charge in [-0.25, -0.2) is 0 Å². The maximum Gasteiger partial charge on any atom is 0.231 e. The molecule has 152 valence electrons. The second kappa shape index (κ2) is 8.44. The molecular formula is C21H21N7OS. The zero-order valence-corrected chi connectivity index (χ0v) is 17.3. The van der Waals surface area contributed by atoms with Crippen LogP contribution in [0.2, 0.25) is 0 Å². The standard InChI is InChI=1S/C21H21N7OS/c1-13(29)28(2)16-8-6-14(7-9-16)25-21-26-19-18(10-11-23-19)20(27-21)24-15-4-3-5-17(12-15)30-22/h3-12H,22H2,1-2H3,(H3,23,24,25,26,27). The Labute approximate surface area is 178 Å². The molecule has 4 aromatic rings. The number of carbonyl (C=O) groups is 1. The number of carbonyl (C=O) groups excluding carboxylic acids is 1. The highest BCUT2D eigenvalue weighted by molar-refractivity contribution is 7.97. The van der Waals surface area contributed by atoms with Crippen molar-refractivity contribution in [3.8, 4) is 0 Å². The summed E-state index contributed by atoms with van der Waals surface area (Å²) >= 11 is 1.19. The van der Waals surface area contributed by atoms with E-state index in [4.69, 9.17) is 5.14 Å². The fourth-order valence-corrected chi connectivity index (χ4v) is 3.31. The molecule has 9 heteroatoms. The van der Waals surface area contributed by atoms with Gasteiger partial charge in [0.1, 0.15) is 11.5 Å². The number of nitrogens with zero attached hydrogens (tertiary/aromatic N) is 3. The highest BCUT2D eigenvalue weighted by atomic mass is 32.2. The van der Waals surface area contributed by atoms with Crippen molar-refractivity contribution in [2.45, 2.75) is 11.8 Å². The van der Waals surface area contributed by atoms with E-state index in [1.807, 2.05) is 60.8 Å². The number of fused-ring (bicyclic) bond motifs is 1. The highest BCUT2D eigenvalue weighted by Gasteiger charge is 2.11. The molecule has 5 N–H and O–H groups in total. The summed E-state index contributed by atoms with van der Waals surface area (Å²) < 4.78 is 0. The average Bonchev–Trinajstić information content (AvgIpc) is 3.23. The second-order valence-corrected chi connectivity index (χ2v) is 7.36. The third-order valence-corrected chi connectivity index (χ3v) is 5.16. The summed E-state index contributed by atoms with van der Waals surface area (Å²) in [5, 5.41) is 13.1. The zero-order chi connectivity index (χ0) is 21.1. The fraction of sp³-hybridized carbons (Fsp3) is 0.0952. The van der Waals surface area contributed by atoms with Crippen LogP contribution in [0.5, 0.6) is 0 Å². The van der Waals surface area contributed by atoms with Gasteiger partial charge >= 0.3 is 0 Å². The number of rotatable bonds is 6. The van der Waals surface area contributed by atoms with Crippen LogP contribution in [-0.2, 0) is 4.79 Å².